The van der Waals surface area contributed by atoms with E-state index in [9.17, 15) is 4.79 Å². The van der Waals surface area contributed by atoms with Crippen molar-refractivity contribution in [1.82, 2.24) is 10.2 Å². The van der Waals surface area contributed by atoms with Crippen LogP contribution in [0.25, 0.3) is 0 Å². The minimum absolute atomic E-state index is 0. The molecular formula is C18H29ClN2O2. The molecule has 0 saturated carbocycles. The molecule has 0 aromatic heterocycles. The highest BCUT2D eigenvalue weighted by atomic mass is 35.5. The molecule has 130 valence electrons. The first kappa shape index (κ1) is 19.9. The molecule has 0 bridgehead atoms. The van der Waals surface area contributed by atoms with Gasteiger partial charge in [-0.25, -0.2) is 0 Å². The van der Waals surface area contributed by atoms with Gasteiger partial charge in [0.15, 0.2) is 0 Å². The Labute approximate surface area is 146 Å². The maximum Gasteiger partial charge on any atom is 0.231 e. The third kappa shape index (κ3) is 4.69. The molecule has 23 heavy (non-hydrogen) atoms. The van der Waals surface area contributed by atoms with Crippen molar-refractivity contribution in [3.05, 3.63) is 35.4 Å². The van der Waals surface area contributed by atoms with Gasteiger partial charge in [0.25, 0.3) is 0 Å². The quantitative estimate of drug-likeness (QED) is 0.865. The minimum Gasteiger partial charge on any atom is -0.384 e. The Morgan fingerprint density at radius 3 is 2.52 bits per heavy atom. The van der Waals surface area contributed by atoms with Gasteiger partial charge in [-0.05, 0) is 50.9 Å². The lowest BCUT2D eigenvalue weighted by Gasteiger charge is -2.39. The molecule has 1 amide bonds. The summed E-state index contributed by atoms with van der Waals surface area (Å²) in [7, 11) is 1.69. The Bertz CT molecular complexity index is 496. The normalized spacial score (nSPS) is 16.5. The number of hydrogen-bond acceptors (Lipinski definition) is 3. The fraction of sp³-hybridized carbons (Fsp3) is 0.611. The number of rotatable bonds is 6. The number of ether oxygens (including phenoxy) is 1. The lowest BCUT2D eigenvalue weighted by atomic mass is 9.78. The zero-order valence-electron chi connectivity index (χ0n) is 14.4. The first-order valence-electron chi connectivity index (χ1n) is 8.16. The summed E-state index contributed by atoms with van der Waals surface area (Å²) in [4.78, 5) is 15.2. The average molecular weight is 341 g/mol. The average Bonchev–Trinajstić information content (AvgIpc) is 2.54. The van der Waals surface area contributed by atoms with Crippen molar-refractivity contribution in [2.75, 3.05) is 33.4 Å². The van der Waals surface area contributed by atoms with Crippen molar-refractivity contribution in [3.8, 4) is 0 Å². The van der Waals surface area contributed by atoms with Gasteiger partial charge in [-0.15, -0.1) is 12.4 Å². The smallest absolute Gasteiger partial charge is 0.231 e. The minimum atomic E-state index is -0.362. The first-order valence-corrected chi connectivity index (χ1v) is 8.16. The number of carbonyl (C=O) groups excluding carboxylic acids is 1. The summed E-state index contributed by atoms with van der Waals surface area (Å²) in [6, 6.07) is 8.28. The van der Waals surface area contributed by atoms with Crippen molar-refractivity contribution in [3.63, 3.8) is 0 Å². The molecule has 1 fully saturated rings. The van der Waals surface area contributed by atoms with Crippen LogP contribution in [0.2, 0.25) is 0 Å². The second-order valence-corrected chi connectivity index (χ2v) is 6.21. The van der Waals surface area contributed by atoms with E-state index in [0.717, 1.165) is 32.5 Å². The Morgan fingerprint density at radius 1 is 1.30 bits per heavy atom. The molecule has 0 spiro atoms. The predicted octanol–water partition coefficient (Wildman–Crippen LogP) is 2.78. The molecule has 1 heterocycles. The molecule has 5 heteroatoms. The van der Waals surface area contributed by atoms with Gasteiger partial charge in [-0.2, -0.15) is 0 Å². The Morgan fingerprint density at radius 2 is 1.96 bits per heavy atom. The number of carbonyl (C=O) groups is 1. The summed E-state index contributed by atoms with van der Waals surface area (Å²) in [5, 5.41) is 3.34. The lowest BCUT2D eigenvalue weighted by molar-refractivity contribution is -0.148. The number of hydrogen-bond donors (Lipinski definition) is 1. The molecule has 1 N–H and O–H groups in total. The van der Waals surface area contributed by atoms with Crippen LogP contribution in [0.5, 0.6) is 0 Å². The Kier molecular flexibility index (Phi) is 8.03. The predicted molar refractivity (Wildman–Crippen MR) is 95.9 cm³/mol. The topological polar surface area (TPSA) is 41.6 Å². The number of halogens is 1. The second-order valence-electron chi connectivity index (χ2n) is 6.21. The van der Waals surface area contributed by atoms with Gasteiger partial charge in [0.05, 0.1) is 12.0 Å². The van der Waals surface area contributed by atoms with E-state index in [1.54, 1.807) is 7.11 Å². The van der Waals surface area contributed by atoms with Crippen molar-refractivity contribution < 1.29 is 9.53 Å². The molecular weight excluding hydrogens is 312 g/mol. The van der Waals surface area contributed by atoms with Gasteiger partial charge < -0.3 is 15.0 Å². The SMILES string of the molecule is CCN(Cc1ccccc1C)C(=O)C1(COC)CCNCC1.Cl. The number of benzene rings is 1. The largest absolute Gasteiger partial charge is 0.384 e. The van der Waals surface area contributed by atoms with Crippen LogP contribution in [-0.2, 0) is 16.1 Å². The zero-order valence-corrected chi connectivity index (χ0v) is 15.2. The van der Waals surface area contributed by atoms with Crippen LogP contribution < -0.4 is 5.32 Å². The van der Waals surface area contributed by atoms with Gasteiger partial charge in [0.1, 0.15) is 0 Å². The molecule has 0 radical (unpaired) electrons. The summed E-state index contributed by atoms with van der Waals surface area (Å²) in [5.41, 5.74) is 2.10. The zero-order chi connectivity index (χ0) is 16.0. The van der Waals surface area contributed by atoms with E-state index in [0.29, 0.717) is 13.2 Å². The number of nitrogens with zero attached hydrogens (tertiary/aromatic N) is 1. The van der Waals surface area contributed by atoms with E-state index in [1.165, 1.54) is 11.1 Å². The van der Waals surface area contributed by atoms with E-state index >= 15 is 0 Å². The maximum absolute atomic E-state index is 13.2. The lowest BCUT2D eigenvalue weighted by Crippen LogP contribution is -2.51. The van der Waals surface area contributed by atoms with E-state index in [-0.39, 0.29) is 23.7 Å². The number of piperidine rings is 1. The molecule has 1 saturated heterocycles. The van der Waals surface area contributed by atoms with E-state index < -0.39 is 0 Å². The van der Waals surface area contributed by atoms with E-state index in [1.807, 2.05) is 17.0 Å². The van der Waals surface area contributed by atoms with E-state index in [2.05, 4.69) is 31.3 Å². The fourth-order valence-electron chi connectivity index (χ4n) is 3.26. The molecule has 0 unspecified atom stereocenters. The highest BCUT2D eigenvalue weighted by Gasteiger charge is 2.41. The molecule has 0 aliphatic carbocycles. The van der Waals surface area contributed by atoms with Gasteiger partial charge in [-0.3, -0.25) is 4.79 Å². The standard InChI is InChI=1S/C18H28N2O2.ClH/c1-4-20(13-16-8-6-5-7-15(16)2)17(21)18(14-22-3)9-11-19-12-10-18;/h5-8,19H,4,9-14H2,1-3H3;1H. The second kappa shape index (κ2) is 9.26. The number of nitrogens with one attached hydrogen (secondary N) is 1. The van der Waals surface area contributed by atoms with Gasteiger partial charge in [-0.1, -0.05) is 24.3 Å². The monoisotopic (exact) mass is 340 g/mol. The molecule has 0 atom stereocenters. The van der Waals surface area contributed by atoms with Crippen LogP contribution in [0.1, 0.15) is 30.9 Å². The fourth-order valence-corrected chi connectivity index (χ4v) is 3.26. The third-order valence-electron chi connectivity index (χ3n) is 4.73. The van der Waals surface area contributed by atoms with Crippen molar-refractivity contribution in [2.24, 2.45) is 5.41 Å². The molecule has 4 nitrogen and oxygen atoms in total. The van der Waals surface area contributed by atoms with Gasteiger partial charge in [0.2, 0.25) is 5.91 Å². The summed E-state index contributed by atoms with van der Waals surface area (Å²) in [6.07, 6.45) is 1.70. The number of amides is 1. The van der Waals surface area contributed by atoms with Crippen LogP contribution in [-0.4, -0.2) is 44.2 Å². The van der Waals surface area contributed by atoms with Gasteiger partial charge >= 0.3 is 0 Å². The van der Waals surface area contributed by atoms with Crippen LogP contribution in [0.4, 0.5) is 0 Å². The summed E-state index contributed by atoms with van der Waals surface area (Å²) in [6.45, 7) is 7.85. The number of methoxy groups -OCH3 is 1. The van der Waals surface area contributed by atoms with Crippen LogP contribution in [0.15, 0.2) is 24.3 Å². The number of aryl methyl sites for hydroxylation is 1. The van der Waals surface area contributed by atoms with Crippen LogP contribution in [0, 0.1) is 12.3 Å². The van der Waals surface area contributed by atoms with Crippen molar-refractivity contribution in [1.29, 1.82) is 0 Å². The molecule has 2 rings (SSSR count). The summed E-state index contributed by atoms with van der Waals surface area (Å²) in [5.74, 6) is 0.238. The Balaban J connectivity index is 0.00000264. The molecule has 1 aliphatic rings. The molecule has 1 aliphatic heterocycles. The Hall–Kier alpha value is -1.10. The maximum atomic E-state index is 13.2. The van der Waals surface area contributed by atoms with Gasteiger partial charge in [0, 0.05) is 20.2 Å². The van der Waals surface area contributed by atoms with Crippen molar-refractivity contribution in [2.45, 2.75) is 33.2 Å². The first-order chi connectivity index (χ1) is 10.6. The van der Waals surface area contributed by atoms with Crippen molar-refractivity contribution >= 4 is 18.3 Å². The third-order valence-corrected chi connectivity index (χ3v) is 4.73. The summed E-state index contributed by atoms with van der Waals surface area (Å²) < 4.78 is 5.40. The summed E-state index contributed by atoms with van der Waals surface area (Å²) >= 11 is 0. The molecule has 1 aromatic rings. The van der Waals surface area contributed by atoms with Crippen LogP contribution in [0.3, 0.4) is 0 Å². The van der Waals surface area contributed by atoms with E-state index in [4.69, 9.17) is 4.74 Å². The highest BCUT2D eigenvalue weighted by molar-refractivity contribution is 5.85. The van der Waals surface area contributed by atoms with Crippen LogP contribution >= 0.6 is 12.4 Å². The highest BCUT2D eigenvalue weighted by Crippen LogP contribution is 2.32. The molecule has 1 aromatic carbocycles.